The highest BCUT2D eigenvalue weighted by atomic mass is 32.1. The van der Waals surface area contributed by atoms with Gasteiger partial charge in [-0.1, -0.05) is 0 Å². The van der Waals surface area contributed by atoms with E-state index in [1.54, 1.807) is 0 Å². The average molecular weight is 307 g/mol. The van der Waals surface area contributed by atoms with Crippen LogP contribution in [0.25, 0.3) is 4.96 Å². The largest absolute Gasteiger partial charge is 0.350 e. The van der Waals surface area contributed by atoms with Crippen molar-refractivity contribution in [2.24, 2.45) is 0 Å². The van der Waals surface area contributed by atoms with Crippen LogP contribution in [0.3, 0.4) is 0 Å². The topological polar surface area (TPSA) is 105 Å². The number of urea groups is 1. The molecule has 3 heterocycles. The van der Waals surface area contributed by atoms with E-state index in [1.165, 1.54) is 11.3 Å². The lowest BCUT2D eigenvalue weighted by atomic mass is 10.1. The van der Waals surface area contributed by atoms with Crippen LogP contribution in [0.5, 0.6) is 0 Å². The van der Waals surface area contributed by atoms with Gasteiger partial charge in [0.05, 0.1) is 12.2 Å². The Balaban J connectivity index is 1.45. The number of nitrogens with zero attached hydrogens (tertiary/aromatic N) is 2. The maximum Gasteiger partial charge on any atom is 0.322 e. The van der Waals surface area contributed by atoms with Crippen molar-refractivity contribution in [3.63, 3.8) is 0 Å². The highest BCUT2D eigenvalue weighted by molar-refractivity contribution is 7.15. The van der Waals surface area contributed by atoms with E-state index in [4.69, 9.17) is 0 Å². The summed E-state index contributed by atoms with van der Waals surface area (Å²) in [6, 6.07) is -1.13. The second-order valence-electron chi connectivity index (χ2n) is 4.66. The first-order valence-corrected chi connectivity index (χ1v) is 7.29. The van der Waals surface area contributed by atoms with Crippen molar-refractivity contribution < 1.29 is 14.4 Å². The molecular weight excluding hydrogens is 294 g/mol. The third-order valence-electron chi connectivity index (χ3n) is 3.13. The van der Waals surface area contributed by atoms with E-state index in [0.29, 0.717) is 6.54 Å². The second kappa shape index (κ2) is 5.52. The van der Waals surface area contributed by atoms with Gasteiger partial charge in [-0.05, 0) is 6.42 Å². The first-order valence-electron chi connectivity index (χ1n) is 6.41. The molecule has 0 aliphatic carbocycles. The van der Waals surface area contributed by atoms with Gasteiger partial charge in [0.15, 0.2) is 4.96 Å². The van der Waals surface area contributed by atoms with Crippen LogP contribution < -0.4 is 16.0 Å². The molecule has 1 fully saturated rings. The lowest BCUT2D eigenvalue weighted by Crippen LogP contribution is -2.31. The van der Waals surface area contributed by atoms with E-state index in [0.717, 1.165) is 10.7 Å². The summed E-state index contributed by atoms with van der Waals surface area (Å²) < 4.78 is 1.89. The van der Waals surface area contributed by atoms with Crippen molar-refractivity contribution >= 4 is 34.1 Å². The van der Waals surface area contributed by atoms with Gasteiger partial charge >= 0.3 is 6.03 Å². The molecule has 0 spiro atoms. The summed E-state index contributed by atoms with van der Waals surface area (Å²) in [6.07, 6.45) is 4.21. The predicted octanol–water partition coefficient (Wildman–Crippen LogP) is 0.000200. The molecule has 2 aromatic heterocycles. The molecule has 21 heavy (non-hydrogen) atoms. The SMILES string of the molecule is O=C(CC[C@H]1NC(=O)NC1=O)NCc1cn2ccsc2n1. The maximum absolute atomic E-state index is 11.7. The van der Waals surface area contributed by atoms with E-state index in [-0.39, 0.29) is 24.7 Å². The van der Waals surface area contributed by atoms with Crippen LogP contribution in [0.2, 0.25) is 0 Å². The molecule has 8 nitrogen and oxygen atoms in total. The molecule has 4 amide bonds. The van der Waals surface area contributed by atoms with Gasteiger partial charge in [0, 0.05) is 24.2 Å². The molecule has 1 atom stereocenters. The van der Waals surface area contributed by atoms with Crippen molar-refractivity contribution in [3.05, 3.63) is 23.5 Å². The Morgan fingerprint density at radius 2 is 2.33 bits per heavy atom. The van der Waals surface area contributed by atoms with E-state index in [9.17, 15) is 14.4 Å². The third kappa shape index (κ3) is 3.02. The minimum absolute atomic E-state index is 0.167. The van der Waals surface area contributed by atoms with Gasteiger partial charge in [-0.2, -0.15) is 0 Å². The summed E-state index contributed by atoms with van der Waals surface area (Å²) in [5, 5.41) is 9.26. The van der Waals surface area contributed by atoms with Gasteiger partial charge < -0.3 is 10.6 Å². The standard InChI is InChI=1S/C12H13N5O3S/c18-9(2-1-8-10(19)16-11(20)15-8)13-5-7-6-17-3-4-21-12(17)14-7/h3-4,6,8H,1-2,5H2,(H,13,18)(H2,15,16,19,20)/t8-/m1/s1. The minimum Gasteiger partial charge on any atom is -0.350 e. The molecule has 1 saturated heterocycles. The number of rotatable bonds is 5. The molecule has 0 unspecified atom stereocenters. The number of hydrogen-bond acceptors (Lipinski definition) is 5. The van der Waals surface area contributed by atoms with Crippen molar-refractivity contribution in [2.75, 3.05) is 0 Å². The van der Waals surface area contributed by atoms with Crippen molar-refractivity contribution in [3.8, 4) is 0 Å². The Morgan fingerprint density at radius 3 is 3.05 bits per heavy atom. The van der Waals surface area contributed by atoms with Crippen molar-refractivity contribution in [2.45, 2.75) is 25.4 Å². The van der Waals surface area contributed by atoms with Gasteiger partial charge in [0.1, 0.15) is 6.04 Å². The van der Waals surface area contributed by atoms with Gasteiger partial charge in [-0.3, -0.25) is 19.3 Å². The molecule has 110 valence electrons. The fraction of sp³-hybridized carbons (Fsp3) is 0.333. The molecule has 0 radical (unpaired) electrons. The number of hydrogen-bond donors (Lipinski definition) is 3. The number of nitrogens with one attached hydrogen (secondary N) is 3. The molecule has 0 bridgehead atoms. The van der Waals surface area contributed by atoms with Crippen LogP contribution >= 0.6 is 11.3 Å². The molecule has 3 rings (SSSR count). The Morgan fingerprint density at radius 1 is 1.48 bits per heavy atom. The van der Waals surface area contributed by atoms with Crippen LogP contribution in [-0.2, 0) is 16.1 Å². The third-order valence-corrected chi connectivity index (χ3v) is 3.90. The monoisotopic (exact) mass is 307 g/mol. The molecule has 1 aliphatic rings. The quantitative estimate of drug-likeness (QED) is 0.676. The first kappa shape index (κ1) is 13.6. The number of aromatic nitrogens is 2. The van der Waals surface area contributed by atoms with E-state index in [1.807, 2.05) is 22.2 Å². The Kier molecular flexibility index (Phi) is 3.57. The van der Waals surface area contributed by atoms with Crippen LogP contribution in [0.1, 0.15) is 18.5 Å². The molecular formula is C12H13N5O3S. The number of fused-ring (bicyclic) bond motifs is 1. The highest BCUT2D eigenvalue weighted by Gasteiger charge is 2.29. The molecule has 0 aromatic carbocycles. The second-order valence-corrected chi connectivity index (χ2v) is 5.53. The van der Waals surface area contributed by atoms with Crippen LogP contribution in [0.15, 0.2) is 17.8 Å². The Hall–Kier alpha value is -2.42. The zero-order valence-electron chi connectivity index (χ0n) is 11.0. The summed E-state index contributed by atoms with van der Waals surface area (Å²) >= 11 is 1.52. The number of imidazole rings is 1. The molecule has 3 N–H and O–H groups in total. The predicted molar refractivity (Wildman–Crippen MR) is 74.6 cm³/mol. The average Bonchev–Trinajstić information content (AvgIpc) is 3.08. The number of carbonyl (C=O) groups excluding carboxylic acids is 3. The fourth-order valence-corrected chi connectivity index (χ4v) is 2.80. The minimum atomic E-state index is -0.624. The summed E-state index contributed by atoms with van der Waals surface area (Å²) in [7, 11) is 0. The Labute approximate surface area is 123 Å². The molecule has 9 heteroatoms. The van der Waals surface area contributed by atoms with E-state index < -0.39 is 12.1 Å². The van der Waals surface area contributed by atoms with Gasteiger partial charge in [0.25, 0.3) is 5.91 Å². The van der Waals surface area contributed by atoms with E-state index >= 15 is 0 Å². The lowest BCUT2D eigenvalue weighted by molar-refractivity contribution is -0.122. The zero-order valence-corrected chi connectivity index (χ0v) is 11.8. The van der Waals surface area contributed by atoms with Crippen LogP contribution in [0, 0.1) is 0 Å². The van der Waals surface area contributed by atoms with Gasteiger partial charge in [0.2, 0.25) is 5.91 Å². The molecule has 1 aliphatic heterocycles. The molecule has 2 aromatic rings. The number of thiazole rings is 1. The van der Waals surface area contributed by atoms with Crippen LogP contribution in [0.4, 0.5) is 4.79 Å². The fourth-order valence-electron chi connectivity index (χ4n) is 2.08. The van der Waals surface area contributed by atoms with Crippen molar-refractivity contribution in [1.29, 1.82) is 0 Å². The van der Waals surface area contributed by atoms with Crippen molar-refractivity contribution in [1.82, 2.24) is 25.3 Å². The zero-order chi connectivity index (χ0) is 14.8. The first-order chi connectivity index (χ1) is 10.1. The number of imide groups is 1. The summed E-state index contributed by atoms with van der Waals surface area (Å²) in [4.78, 5) is 39.2. The summed E-state index contributed by atoms with van der Waals surface area (Å²) in [6.45, 7) is 0.344. The summed E-state index contributed by atoms with van der Waals surface area (Å²) in [5.41, 5.74) is 0.780. The normalized spacial score (nSPS) is 17.8. The number of carbonyl (C=O) groups is 3. The lowest BCUT2D eigenvalue weighted by Gasteiger charge is -2.07. The van der Waals surface area contributed by atoms with Crippen LogP contribution in [-0.4, -0.2) is 33.3 Å². The molecule has 0 saturated carbocycles. The van der Waals surface area contributed by atoms with Gasteiger partial charge in [-0.25, -0.2) is 9.78 Å². The smallest absolute Gasteiger partial charge is 0.322 e. The highest BCUT2D eigenvalue weighted by Crippen LogP contribution is 2.11. The van der Waals surface area contributed by atoms with E-state index in [2.05, 4.69) is 20.9 Å². The Bertz CT molecular complexity index is 678. The summed E-state index contributed by atoms with van der Waals surface area (Å²) in [5.74, 6) is -0.567. The number of amides is 4. The van der Waals surface area contributed by atoms with Gasteiger partial charge in [-0.15, -0.1) is 11.3 Å². The maximum atomic E-state index is 11.7.